The fourth-order valence-corrected chi connectivity index (χ4v) is 2.73. The van der Waals surface area contributed by atoms with Gasteiger partial charge in [-0.15, -0.1) is 11.3 Å². The number of rotatable bonds is 8. The maximum Gasteiger partial charge on any atom is 0.407 e. The average Bonchev–Trinajstić information content (AvgIpc) is 2.93. The Balaban J connectivity index is 2.48. The standard InChI is InChI=1S/C16H29N3O2S/c1-6-7-8-13(9-18-15(20)21-16(3,4)5)19-12(2)14-10-17-11-22-14/h10-13,19H,6-9H2,1-5H3,(H,18,20). The quantitative estimate of drug-likeness (QED) is 0.760. The monoisotopic (exact) mass is 327 g/mol. The summed E-state index contributed by atoms with van der Waals surface area (Å²) in [4.78, 5) is 17.1. The second-order valence-corrected chi connectivity index (χ2v) is 7.43. The average molecular weight is 327 g/mol. The number of amides is 1. The minimum atomic E-state index is -0.466. The maximum absolute atomic E-state index is 11.8. The van der Waals surface area contributed by atoms with Crippen molar-refractivity contribution >= 4 is 17.4 Å². The molecular weight excluding hydrogens is 298 g/mol. The number of ether oxygens (including phenoxy) is 1. The normalized spacial score (nSPS) is 14.4. The highest BCUT2D eigenvalue weighted by atomic mass is 32.1. The molecule has 0 spiro atoms. The predicted octanol–water partition coefficient (Wildman–Crippen LogP) is 3.88. The molecule has 6 heteroatoms. The van der Waals surface area contributed by atoms with E-state index in [0.717, 1.165) is 19.3 Å². The van der Waals surface area contributed by atoms with E-state index in [9.17, 15) is 4.79 Å². The number of hydrogen-bond acceptors (Lipinski definition) is 5. The lowest BCUT2D eigenvalue weighted by Gasteiger charge is -2.24. The Labute approximate surface area is 137 Å². The van der Waals surface area contributed by atoms with Crippen LogP contribution in [0.4, 0.5) is 4.79 Å². The van der Waals surface area contributed by atoms with Crippen molar-refractivity contribution in [1.29, 1.82) is 0 Å². The summed E-state index contributed by atoms with van der Waals surface area (Å²) in [6.07, 6.45) is 4.82. The fraction of sp³-hybridized carbons (Fsp3) is 0.750. The van der Waals surface area contributed by atoms with E-state index in [0.29, 0.717) is 6.54 Å². The molecule has 2 unspecified atom stereocenters. The van der Waals surface area contributed by atoms with Crippen LogP contribution in [0, 0.1) is 0 Å². The summed E-state index contributed by atoms with van der Waals surface area (Å²) in [5.41, 5.74) is 1.37. The molecule has 1 rings (SSSR count). The van der Waals surface area contributed by atoms with Crippen LogP contribution >= 0.6 is 11.3 Å². The summed E-state index contributed by atoms with van der Waals surface area (Å²) in [5.74, 6) is 0. The third-order valence-electron chi connectivity index (χ3n) is 3.16. The van der Waals surface area contributed by atoms with Crippen molar-refractivity contribution in [2.24, 2.45) is 0 Å². The molecule has 0 aliphatic carbocycles. The third-order valence-corrected chi connectivity index (χ3v) is 4.12. The van der Waals surface area contributed by atoms with Gasteiger partial charge in [-0.25, -0.2) is 4.79 Å². The number of thiazole rings is 1. The van der Waals surface area contributed by atoms with E-state index < -0.39 is 5.60 Å². The Bertz CT molecular complexity index is 429. The van der Waals surface area contributed by atoms with Gasteiger partial charge in [-0.05, 0) is 34.1 Å². The van der Waals surface area contributed by atoms with Gasteiger partial charge in [-0.1, -0.05) is 19.8 Å². The molecule has 0 saturated heterocycles. The molecule has 2 N–H and O–H groups in total. The van der Waals surface area contributed by atoms with Crippen LogP contribution in [-0.2, 0) is 4.74 Å². The summed E-state index contributed by atoms with van der Waals surface area (Å²) >= 11 is 1.64. The number of carbonyl (C=O) groups excluding carboxylic acids is 1. The SMILES string of the molecule is CCCCC(CNC(=O)OC(C)(C)C)NC(C)c1cncs1. The van der Waals surface area contributed by atoms with E-state index in [-0.39, 0.29) is 18.2 Å². The van der Waals surface area contributed by atoms with Crippen molar-refractivity contribution in [2.75, 3.05) is 6.54 Å². The van der Waals surface area contributed by atoms with Gasteiger partial charge in [0.05, 0.1) is 5.51 Å². The molecule has 22 heavy (non-hydrogen) atoms. The van der Waals surface area contributed by atoms with Crippen LogP contribution in [0.15, 0.2) is 11.7 Å². The lowest BCUT2D eigenvalue weighted by Crippen LogP contribution is -2.43. The van der Waals surface area contributed by atoms with Crippen molar-refractivity contribution < 1.29 is 9.53 Å². The van der Waals surface area contributed by atoms with Crippen molar-refractivity contribution in [3.05, 3.63) is 16.6 Å². The Morgan fingerprint density at radius 2 is 2.18 bits per heavy atom. The molecular formula is C16H29N3O2S. The molecule has 1 aromatic rings. The van der Waals surface area contributed by atoms with Gasteiger partial charge in [0.2, 0.25) is 0 Å². The summed E-state index contributed by atoms with van der Waals surface area (Å²) in [6, 6.07) is 0.458. The van der Waals surface area contributed by atoms with Gasteiger partial charge in [0.1, 0.15) is 5.60 Å². The molecule has 0 aliphatic heterocycles. The predicted molar refractivity (Wildman–Crippen MR) is 91.2 cm³/mol. The summed E-state index contributed by atoms with van der Waals surface area (Å²) in [6.45, 7) is 10.5. The van der Waals surface area contributed by atoms with Crippen LogP contribution in [0.2, 0.25) is 0 Å². The highest BCUT2D eigenvalue weighted by Gasteiger charge is 2.19. The molecule has 0 radical (unpaired) electrons. The Morgan fingerprint density at radius 1 is 1.45 bits per heavy atom. The van der Waals surface area contributed by atoms with Crippen LogP contribution in [0.3, 0.4) is 0 Å². The first-order valence-corrected chi connectivity index (χ1v) is 8.81. The van der Waals surface area contributed by atoms with Crippen molar-refractivity contribution in [2.45, 2.75) is 71.6 Å². The van der Waals surface area contributed by atoms with E-state index in [1.54, 1.807) is 11.3 Å². The molecule has 0 aromatic carbocycles. The highest BCUT2D eigenvalue weighted by molar-refractivity contribution is 7.09. The lowest BCUT2D eigenvalue weighted by atomic mass is 10.1. The van der Waals surface area contributed by atoms with Gasteiger partial charge in [-0.3, -0.25) is 4.98 Å². The molecule has 1 amide bonds. The number of nitrogens with zero attached hydrogens (tertiary/aromatic N) is 1. The zero-order valence-corrected chi connectivity index (χ0v) is 15.1. The molecule has 1 aromatic heterocycles. The largest absolute Gasteiger partial charge is 0.444 e. The second kappa shape index (κ2) is 9.10. The fourth-order valence-electron chi connectivity index (χ4n) is 2.09. The maximum atomic E-state index is 11.8. The van der Waals surface area contributed by atoms with Gasteiger partial charge in [-0.2, -0.15) is 0 Å². The molecule has 0 aliphatic rings. The van der Waals surface area contributed by atoms with Crippen LogP contribution in [0.1, 0.15) is 64.8 Å². The second-order valence-electron chi connectivity index (χ2n) is 6.51. The number of carbonyl (C=O) groups is 1. The van der Waals surface area contributed by atoms with Crippen LogP contribution in [0.25, 0.3) is 0 Å². The Kier molecular flexibility index (Phi) is 7.82. The van der Waals surface area contributed by atoms with Gasteiger partial charge < -0.3 is 15.4 Å². The molecule has 126 valence electrons. The summed E-state index contributed by atoms with van der Waals surface area (Å²) in [7, 11) is 0. The zero-order chi connectivity index (χ0) is 16.6. The van der Waals surface area contributed by atoms with Crippen molar-refractivity contribution in [3.63, 3.8) is 0 Å². The van der Waals surface area contributed by atoms with Crippen LogP contribution in [0.5, 0.6) is 0 Å². The molecule has 5 nitrogen and oxygen atoms in total. The number of nitrogens with one attached hydrogen (secondary N) is 2. The van der Waals surface area contributed by atoms with Crippen molar-refractivity contribution in [1.82, 2.24) is 15.6 Å². The molecule has 1 heterocycles. The van der Waals surface area contributed by atoms with Crippen LogP contribution < -0.4 is 10.6 Å². The minimum Gasteiger partial charge on any atom is -0.444 e. The van der Waals surface area contributed by atoms with Gasteiger partial charge in [0.25, 0.3) is 0 Å². The number of aromatic nitrogens is 1. The summed E-state index contributed by atoms with van der Waals surface area (Å²) in [5, 5.41) is 6.44. The zero-order valence-electron chi connectivity index (χ0n) is 14.3. The smallest absolute Gasteiger partial charge is 0.407 e. The molecule has 0 bridgehead atoms. The van der Waals surface area contributed by atoms with Gasteiger partial charge in [0, 0.05) is 29.7 Å². The van der Waals surface area contributed by atoms with E-state index in [2.05, 4.69) is 29.5 Å². The Morgan fingerprint density at radius 3 is 2.73 bits per heavy atom. The molecule has 0 saturated carbocycles. The number of unbranched alkanes of at least 4 members (excludes halogenated alkanes) is 1. The first-order valence-electron chi connectivity index (χ1n) is 7.93. The van der Waals surface area contributed by atoms with Crippen molar-refractivity contribution in [3.8, 4) is 0 Å². The molecule has 0 fully saturated rings. The van der Waals surface area contributed by atoms with E-state index in [1.807, 2.05) is 32.5 Å². The topological polar surface area (TPSA) is 63.2 Å². The first kappa shape index (κ1) is 18.9. The van der Waals surface area contributed by atoms with Gasteiger partial charge in [0.15, 0.2) is 0 Å². The number of hydrogen-bond donors (Lipinski definition) is 2. The van der Waals surface area contributed by atoms with Gasteiger partial charge >= 0.3 is 6.09 Å². The summed E-state index contributed by atoms with van der Waals surface area (Å²) < 4.78 is 5.28. The minimum absolute atomic E-state index is 0.226. The van der Waals surface area contributed by atoms with E-state index >= 15 is 0 Å². The Hall–Kier alpha value is -1.14. The third kappa shape index (κ3) is 7.75. The lowest BCUT2D eigenvalue weighted by molar-refractivity contribution is 0.0521. The first-order chi connectivity index (χ1) is 10.3. The molecule has 2 atom stereocenters. The van der Waals surface area contributed by atoms with E-state index in [1.165, 1.54) is 4.88 Å². The van der Waals surface area contributed by atoms with E-state index in [4.69, 9.17) is 4.74 Å². The van der Waals surface area contributed by atoms with Crippen LogP contribution in [-0.4, -0.2) is 29.3 Å². The highest BCUT2D eigenvalue weighted by Crippen LogP contribution is 2.18. The number of alkyl carbamates (subject to hydrolysis) is 1.